The summed E-state index contributed by atoms with van der Waals surface area (Å²) in [5.41, 5.74) is 6.26. The minimum absolute atomic E-state index is 0.114. The molecule has 140 valence electrons. The second-order valence-corrected chi connectivity index (χ2v) is 8.14. The molecular formula is C22H31N3O. The van der Waals surface area contributed by atoms with Gasteiger partial charge in [0.05, 0.1) is 11.4 Å². The van der Waals surface area contributed by atoms with Crippen LogP contribution < -0.4 is 4.90 Å². The number of aromatic hydroxyl groups is 1. The van der Waals surface area contributed by atoms with Crippen LogP contribution in [0.5, 0.6) is 5.75 Å². The summed E-state index contributed by atoms with van der Waals surface area (Å²) >= 11 is 0. The Morgan fingerprint density at radius 2 is 2.04 bits per heavy atom. The van der Waals surface area contributed by atoms with E-state index in [-0.39, 0.29) is 5.41 Å². The van der Waals surface area contributed by atoms with Crippen LogP contribution in [0.25, 0.3) is 5.70 Å². The Morgan fingerprint density at radius 1 is 1.35 bits per heavy atom. The lowest BCUT2D eigenvalue weighted by atomic mass is 9.69. The maximum atomic E-state index is 10.8. The van der Waals surface area contributed by atoms with Gasteiger partial charge in [-0.3, -0.25) is 9.98 Å². The van der Waals surface area contributed by atoms with Crippen LogP contribution in [0.1, 0.15) is 58.1 Å². The van der Waals surface area contributed by atoms with Crippen molar-refractivity contribution in [1.29, 1.82) is 0 Å². The molecule has 1 aromatic rings. The molecule has 0 bridgehead atoms. The normalized spacial score (nSPS) is 19.3. The summed E-state index contributed by atoms with van der Waals surface area (Å²) in [4.78, 5) is 11.3. The molecule has 0 spiro atoms. The summed E-state index contributed by atoms with van der Waals surface area (Å²) < 4.78 is 0. The molecule has 0 heterocycles. The van der Waals surface area contributed by atoms with Crippen molar-refractivity contribution in [3.63, 3.8) is 0 Å². The summed E-state index contributed by atoms with van der Waals surface area (Å²) in [7, 11) is 1.83. The van der Waals surface area contributed by atoms with Crippen LogP contribution >= 0.6 is 0 Å². The SMILES string of the molecule is C=NC1=C(C(C)=NC)C(C)(C)Cc2c1ccc(O)c2N(CCC)C1CC1. The average Bonchev–Trinajstić information content (AvgIpc) is 3.42. The Balaban J connectivity index is 2.27. The molecule has 0 radical (unpaired) electrons. The number of hydrogen-bond acceptors (Lipinski definition) is 4. The van der Waals surface area contributed by atoms with Crippen molar-refractivity contribution in [3.05, 3.63) is 28.8 Å². The summed E-state index contributed by atoms with van der Waals surface area (Å²) in [6.45, 7) is 13.5. The van der Waals surface area contributed by atoms with Crippen LogP contribution in [-0.2, 0) is 6.42 Å². The molecule has 26 heavy (non-hydrogen) atoms. The molecule has 0 amide bonds. The van der Waals surface area contributed by atoms with Crippen molar-refractivity contribution in [2.75, 3.05) is 18.5 Å². The second-order valence-electron chi connectivity index (χ2n) is 8.14. The smallest absolute Gasteiger partial charge is 0.139 e. The first kappa shape index (κ1) is 18.7. The van der Waals surface area contributed by atoms with Gasteiger partial charge in [-0.15, -0.1) is 0 Å². The van der Waals surface area contributed by atoms with E-state index in [4.69, 9.17) is 0 Å². The number of phenolic OH excluding ortho intramolecular Hbond substituents is 1. The molecule has 1 aromatic carbocycles. The van der Waals surface area contributed by atoms with E-state index in [1.807, 2.05) is 26.1 Å². The van der Waals surface area contributed by atoms with Crippen molar-refractivity contribution >= 4 is 23.8 Å². The summed E-state index contributed by atoms with van der Waals surface area (Å²) in [5, 5.41) is 10.8. The van der Waals surface area contributed by atoms with E-state index in [1.165, 1.54) is 18.4 Å². The van der Waals surface area contributed by atoms with E-state index in [2.05, 4.69) is 42.4 Å². The van der Waals surface area contributed by atoms with Gasteiger partial charge in [0.1, 0.15) is 5.75 Å². The van der Waals surface area contributed by atoms with E-state index in [1.54, 1.807) is 0 Å². The third-order valence-corrected chi connectivity index (χ3v) is 5.64. The Labute approximate surface area is 157 Å². The first-order valence-corrected chi connectivity index (χ1v) is 9.62. The maximum absolute atomic E-state index is 10.8. The fourth-order valence-corrected chi connectivity index (χ4v) is 4.37. The van der Waals surface area contributed by atoms with Gasteiger partial charge in [0, 0.05) is 36.5 Å². The van der Waals surface area contributed by atoms with Crippen molar-refractivity contribution in [2.24, 2.45) is 15.4 Å². The molecule has 1 saturated carbocycles. The number of allylic oxidation sites excluding steroid dienone is 1. The Morgan fingerprint density at radius 3 is 2.58 bits per heavy atom. The van der Waals surface area contributed by atoms with Crippen molar-refractivity contribution in [2.45, 2.75) is 59.4 Å². The van der Waals surface area contributed by atoms with Crippen LogP contribution in [0.4, 0.5) is 5.69 Å². The summed E-state index contributed by atoms with van der Waals surface area (Å²) in [6, 6.07) is 4.37. The topological polar surface area (TPSA) is 48.2 Å². The standard InChI is InChI=1S/C22H31N3O/c1-7-12-25(15-8-9-15)21-17-13-22(3,4)19(14(2)23-5)20(24-6)16(17)10-11-18(21)26/h10-11,15,26H,6-9,12-13H2,1-5H3. The molecule has 2 aliphatic rings. The Bertz CT molecular complexity index is 785. The largest absolute Gasteiger partial charge is 0.506 e. The van der Waals surface area contributed by atoms with Crippen LogP contribution in [0.3, 0.4) is 0 Å². The van der Waals surface area contributed by atoms with Crippen LogP contribution in [0, 0.1) is 5.41 Å². The number of hydrogen-bond donors (Lipinski definition) is 1. The predicted octanol–water partition coefficient (Wildman–Crippen LogP) is 4.86. The number of nitrogens with zero attached hydrogens (tertiary/aromatic N) is 3. The highest BCUT2D eigenvalue weighted by molar-refractivity contribution is 6.07. The van der Waals surface area contributed by atoms with E-state index in [0.717, 1.165) is 47.6 Å². The molecule has 1 N–H and O–H groups in total. The zero-order valence-corrected chi connectivity index (χ0v) is 16.8. The van der Waals surface area contributed by atoms with E-state index in [9.17, 15) is 5.11 Å². The first-order valence-electron chi connectivity index (χ1n) is 9.62. The zero-order valence-electron chi connectivity index (χ0n) is 16.8. The molecule has 1 fully saturated rings. The first-order chi connectivity index (χ1) is 12.4. The highest BCUT2D eigenvalue weighted by Gasteiger charge is 2.39. The van der Waals surface area contributed by atoms with Crippen molar-refractivity contribution in [3.8, 4) is 5.75 Å². The second kappa shape index (κ2) is 6.90. The van der Waals surface area contributed by atoms with Gasteiger partial charge in [-0.1, -0.05) is 20.8 Å². The third-order valence-electron chi connectivity index (χ3n) is 5.64. The highest BCUT2D eigenvalue weighted by atomic mass is 16.3. The average molecular weight is 354 g/mol. The molecule has 0 saturated heterocycles. The molecule has 4 heteroatoms. The molecule has 2 aliphatic carbocycles. The summed E-state index contributed by atoms with van der Waals surface area (Å²) in [6.07, 6.45) is 4.35. The van der Waals surface area contributed by atoms with Gasteiger partial charge in [-0.25, -0.2) is 0 Å². The molecule has 3 rings (SSSR count). The molecule has 0 aliphatic heterocycles. The maximum Gasteiger partial charge on any atom is 0.139 e. The van der Waals surface area contributed by atoms with Gasteiger partial charge in [-0.2, -0.15) is 0 Å². The van der Waals surface area contributed by atoms with Gasteiger partial charge in [-0.05, 0) is 62.4 Å². The lowest BCUT2D eigenvalue weighted by Gasteiger charge is -2.38. The number of anilines is 1. The molecule has 0 atom stereocenters. The fraction of sp³-hybridized carbons (Fsp3) is 0.545. The number of fused-ring (bicyclic) bond motifs is 1. The molecular weight excluding hydrogens is 322 g/mol. The summed E-state index contributed by atoms with van der Waals surface area (Å²) in [5.74, 6) is 0.382. The highest BCUT2D eigenvalue weighted by Crippen LogP contribution is 2.50. The Hall–Kier alpha value is -2.10. The minimum Gasteiger partial charge on any atom is -0.506 e. The van der Waals surface area contributed by atoms with Crippen LogP contribution in [-0.4, -0.2) is 37.2 Å². The van der Waals surface area contributed by atoms with E-state index in [0.29, 0.717) is 11.8 Å². The van der Waals surface area contributed by atoms with Crippen molar-refractivity contribution < 1.29 is 5.11 Å². The number of aliphatic imine (C=N–C) groups is 2. The lowest BCUT2D eigenvalue weighted by molar-refractivity contribution is 0.446. The zero-order chi connectivity index (χ0) is 19.1. The van der Waals surface area contributed by atoms with Crippen LogP contribution in [0.15, 0.2) is 27.7 Å². The number of benzene rings is 1. The fourth-order valence-electron chi connectivity index (χ4n) is 4.37. The lowest BCUT2D eigenvalue weighted by Crippen LogP contribution is -2.32. The van der Waals surface area contributed by atoms with Gasteiger partial charge in [0.25, 0.3) is 0 Å². The third kappa shape index (κ3) is 3.06. The molecule has 0 aromatic heterocycles. The van der Waals surface area contributed by atoms with Gasteiger partial charge < -0.3 is 10.0 Å². The number of phenols is 1. The quantitative estimate of drug-likeness (QED) is 0.743. The van der Waals surface area contributed by atoms with E-state index < -0.39 is 0 Å². The van der Waals surface area contributed by atoms with Gasteiger partial charge in [0.2, 0.25) is 0 Å². The number of rotatable bonds is 6. The van der Waals surface area contributed by atoms with E-state index >= 15 is 0 Å². The van der Waals surface area contributed by atoms with Crippen LogP contribution in [0.2, 0.25) is 0 Å². The van der Waals surface area contributed by atoms with Crippen molar-refractivity contribution in [1.82, 2.24) is 0 Å². The monoisotopic (exact) mass is 353 g/mol. The van der Waals surface area contributed by atoms with Gasteiger partial charge >= 0.3 is 0 Å². The predicted molar refractivity (Wildman–Crippen MR) is 112 cm³/mol. The Kier molecular flexibility index (Phi) is 4.96. The molecule has 0 unspecified atom stereocenters. The minimum atomic E-state index is -0.114. The molecule has 4 nitrogen and oxygen atoms in total. The van der Waals surface area contributed by atoms with Gasteiger partial charge in [0.15, 0.2) is 0 Å².